The molecule has 2 heterocycles. The molecule has 0 saturated carbocycles. The van der Waals surface area contributed by atoms with Crippen molar-refractivity contribution in [1.29, 1.82) is 0 Å². The molecule has 0 aliphatic rings. The molecule has 2 amide bonds. The minimum atomic E-state index is -0.917. The van der Waals surface area contributed by atoms with E-state index >= 15 is 0 Å². The fourth-order valence-electron chi connectivity index (χ4n) is 1.95. The highest BCUT2D eigenvalue weighted by molar-refractivity contribution is 5.95. The number of carbonyl (C=O) groups excluding carboxylic acids is 3. The second kappa shape index (κ2) is 8.13. The molecule has 134 valence electrons. The summed E-state index contributed by atoms with van der Waals surface area (Å²) in [6.45, 7) is 4.65. The summed E-state index contributed by atoms with van der Waals surface area (Å²) < 4.78 is 14.8. The van der Waals surface area contributed by atoms with E-state index in [1.807, 2.05) is 0 Å². The van der Waals surface area contributed by atoms with E-state index in [2.05, 4.69) is 15.8 Å². The molecule has 1 atom stereocenters. The van der Waals surface area contributed by atoms with Crippen LogP contribution in [0, 0.1) is 12.8 Å². The number of esters is 1. The molecule has 0 saturated heterocycles. The topological polar surface area (TPSA) is 124 Å². The van der Waals surface area contributed by atoms with Gasteiger partial charge in [-0.15, -0.1) is 0 Å². The maximum Gasteiger partial charge on any atom is 0.329 e. The quantitative estimate of drug-likeness (QED) is 0.726. The lowest BCUT2D eigenvalue weighted by molar-refractivity contribution is -0.150. The van der Waals surface area contributed by atoms with E-state index in [1.165, 1.54) is 18.4 Å². The molecule has 1 unspecified atom stereocenters. The van der Waals surface area contributed by atoms with Gasteiger partial charge >= 0.3 is 5.97 Å². The minimum Gasteiger partial charge on any atom is -0.459 e. The molecular weight excluding hydrogens is 330 g/mol. The molecule has 0 radical (unpaired) electrons. The van der Waals surface area contributed by atoms with Gasteiger partial charge in [0.2, 0.25) is 0 Å². The smallest absolute Gasteiger partial charge is 0.329 e. The van der Waals surface area contributed by atoms with Gasteiger partial charge in [-0.05, 0) is 25.0 Å². The first-order valence-electron chi connectivity index (χ1n) is 7.61. The molecule has 2 aromatic heterocycles. The summed E-state index contributed by atoms with van der Waals surface area (Å²) in [5, 5.41) is 8.55. The SMILES string of the molecule is Cc1cc(NC(=O)COC(=O)C(NC(=O)c2ccco2)C(C)C)no1. The van der Waals surface area contributed by atoms with Gasteiger partial charge in [-0.3, -0.25) is 9.59 Å². The lowest BCUT2D eigenvalue weighted by Gasteiger charge is -2.20. The molecule has 25 heavy (non-hydrogen) atoms. The molecule has 0 bridgehead atoms. The Balaban J connectivity index is 1.87. The largest absolute Gasteiger partial charge is 0.459 e. The fraction of sp³-hybridized carbons (Fsp3) is 0.375. The second-order valence-electron chi connectivity index (χ2n) is 5.65. The van der Waals surface area contributed by atoms with Gasteiger partial charge in [0, 0.05) is 6.07 Å². The summed E-state index contributed by atoms with van der Waals surface area (Å²) in [6.07, 6.45) is 1.35. The van der Waals surface area contributed by atoms with Crippen LogP contribution >= 0.6 is 0 Å². The normalized spacial score (nSPS) is 11.8. The summed E-state index contributed by atoms with van der Waals surface area (Å²) in [6, 6.07) is 3.65. The molecule has 0 aliphatic heterocycles. The van der Waals surface area contributed by atoms with Crippen molar-refractivity contribution >= 4 is 23.6 Å². The van der Waals surface area contributed by atoms with Crippen molar-refractivity contribution in [1.82, 2.24) is 10.5 Å². The predicted molar refractivity (Wildman–Crippen MR) is 85.6 cm³/mol. The van der Waals surface area contributed by atoms with Crippen molar-refractivity contribution in [3.8, 4) is 0 Å². The fourth-order valence-corrected chi connectivity index (χ4v) is 1.95. The van der Waals surface area contributed by atoms with Crippen LogP contribution in [0.3, 0.4) is 0 Å². The number of hydrogen-bond donors (Lipinski definition) is 2. The highest BCUT2D eigenvalue weighted by atomic mass is 16.5. The van der Waals surface area contributed by atoms with Crippen LogP contribution in [0.4, 0.5) is 5.82 Å². The van der Waals surface area contributed by atoms with E-state index in [4.69, 9.17) is 13.7 Å². The average molecular weight is 349 g/mol. The van der Waals surface area contributed by atoms with Crippen molar-refractivity contribution in [3.05, 3.63) is 36.0 Å². The van der Waals surface area contributed by atoms with Crippen LogP contribution in [0.25, 0.3) is 0 Å². The highest BCUT2D eigenvalue weighted by Gasteiger charge is 2.27. The number of aromatic nitrogens is 1. The molecule has 9 nitrogen and oxygen atoms in total. The van der Waals surface area contributed by atoms with Crippen molar-refractivity contribution in [2.24, 2.45) is 5.92 Å². The van der Waals surface area contributed by atoms with Crippen LogP contribution in [0.15, 0.2) is 33.4 Å². The number of nitrogens with zero attached hydrogens (tertiary/aromatic N) is 1. The van der Waals surface area contributed by atoms with E-state index in [9.17, 15) is 14.4 Å². The van der Waals surface area contributed by atoms with E-state index in [0.29, 0.717) is 5.76 Å². The van der Waals surface area contributed by atoms with E-state index in [0.717, 1.165) is 0 Å². The molecule has 0 aromatic carbocycles. The number of rotatable bonds is 7. The van der Waals surface area contributed by atoms with Gasteiger partial charge in [0.15, 0.2) is 18.2 Å². The maximum absolute atomic E-state index is 12.2. The van der Waals surface area contributed by atoms with Crippen LogP contribution in [-0.4, -0.2) is 35.6 Å². The third-order valence-corrected chi connectivity index (χ3v) is 3.19. The number of amides is 2. The van der Waals surface area contributed by atoms with Gasteiger partial charge < -0.3 is 24.3 Å². The Morgan fingerprint density at radius 1 is 1.32 bits per heavy atom. The number of aryl methyl sites for hydroxylation is 1. The molecule has 2 aromatic rings. The Hall–Kier alpha value is -3.10. The number of ether oxygens (including phenoxy) is 1. The number of carbonyl (C=O) groups is 3. The molecule has 9 heteroatoms. The molecule has 0 aliphatic carbocycles. The molecule has 0 spiro atoms. The summed E-state index contributed by atoms with van der Waals surface area (Å²) >= 11 is 0. The second-order valence-corrected chi connectivity index (χ2v) is 5.65. The summed E-state index contributed by atoms with van der Waals surface area (Å²) in [4.78, 5) is 35.9. The summed E-state index contributed by atoms with van der Waals surface area (Å²) in [5.41, 5.74) is 0. The zero-order valence-electron chi connectivity index (χ0n) is 14.1. The third-order valence-electron chi connectivity index (χ3n) is 3.19. The highest BCUT2D eigenvalue weighted by Crippen LogP contribution is 2.09. The Bertz CT molecular complexity index is 735. The maximum atomic E-state index is 12.2. The average Bonchev–Trinajstić information content (AvgIpc) is 3.21. The number of furan rings is 1. The van der Waals surface area contributed by atoms with Crippen LogP contribution in [-0.2, 0) is 14.3 Å². The first-order valence-corrected chi connectivity index (χ1v) is 7.61. The van der Waals surface area contributed by atoms with Crippen molar-refractivity contribution in [3.63, 3.8) is 0 Å². The summed E-state index contributed by atoms with van der Waals surface area (Å²) in [7, 11) is 0. The standard InChI is InChI=1S/C16H19N3O6/c1-9(2)14(18-15(21)11-5-4-6-23-11)16(22)24-8-13(20)17-12-7-10(3)25-19-12/h4-7,9,14H,8H2,1-3H3,(H,18,21)(H,17,19,20). The zero-order valence-corrected chi connectivity index (χ0v) is 14.1. The van der Waals surface area contributed by atoms with Gasteiger partial charge in [-0.25, -0.2) is 4.79 Å². The number of nitrogens with one attached hydrogen (secondary N) is 2. The van der Waals surface area contributed by atoms with Gasteiger partial charge in [-0.1, -0.05) is 19.0 Å². The van der Waals surface area contributed by atoms with Crippen molar-refractivity contribution in [2.75, 3.05) is 11.9 Å². The Morgan fingerprint density at radius 3 is 2.64 bits per heavy atom. The van der Waals surface area contributed by atoms with Crippen LogP contribution in [0.1, 0.15) is 30.2 Å². The van der Waals surface area contributed by atoms with Gasteiger partial charge in [0.25, 0.3) is 11.8 Å². The number of anilines is 1. The predicted octanol–water partition coefficient (Wildman–Crippen LogP) is 1.51. The van der Waals surface area contributed by atoms with Crippen molar-refractivity contribution < 1.29 is 28.1 Å². The Kier molecular flexibility index (Phi) is 5.93. The monoisotopic (exact) mass is 349 g/mol. The Morgan fingerprint density at radius 2 is 2.08 bits per heavy atom. The number of hydrogen-bond acceptors (Lipinski definition) is 7. The first-order chi connectivity index (χ1) is 11.9. The van der Waals surface area contributed by atoms with Gasteiger partial charge in [0.1, 0.15) is 11.8 Å². The summed E-state index contributed by atoms with van der Waals surface area (Å²) in [5.74, 6) is -1.23. The van der Waals surface area contributed by atoms with Gasteiger partial charge in [0.05, 0.1) is 6.26 Å². The lowest BCUT2D eigenvalue weighted by Crippen LogP contribution is -2.45. The van der Waals surface area contributed by atoms with Crippen molar-refractivity contribution in [2.45, 2.75) is 26.8 Å². The zero-order chi connectivity index (χ0) is 18.4. The Labute approximate surface area is 143 Å². The van der Waals surface area contributed by atoms with E-state index < -0.39 is 30.4 Å². The van der Waals surface area contributed by atoms with Crippen LogP contribution in [0.2, 0.25) is 0 Å². The van der Waals surface area contributed by atoms with E-state index in [1.54, 1.807) is 26.8 Å². The molecule has 0 fully saturated rings. The molecule has 2 N–H and O–H groups in total. The van der Waals surface area contributed by atoms with Crippen LogP contribution in [0.5, 0.6) is 0 Å². The minimum absolute atomic E-state index is 0.0811. The van der Waals surface area contributed by atoms with Crippen LogP contribution < -0.4 is 10.6 Å². The van der Waals surface area contributed by atoms with Gasteiger partial charge in [-0.2, -0.15) is 0 Å². The third kappa shape index (κ3) is 5.20. The lowest BCUT2D eigenvalue weighted by atomic mass is 10.0. The first kappa shape index (κ1) is 18.2. The molecular formula is C16H19N3O6. The molecule has 2 rings (SSSR count). The van der Waals surface area contributed by atoms with E-state index in [-0.39, 0.29) is 17.5 Å².